The van der Waals surface area contributed by atoms with E-state index in [1.807, 2.05) is 31.2 Å². The summed E-state index contributed by atoms with van der Waals surface area (Å²) in [6, 6.07) is 7.38. The highest BCUT2D eigenvalue weighted by molar-refractivity contribution is 9.10. The molecule has 2 rings (SSSR count). The zero-order valence-corrected chi connectivity index (χ0v) is 10.8. The van der Waals surface area contributed by atoms with Crippen molar-refractivity contribution < 1.29 is 4.39 Å². The van der Waals surface area contributed by atoms with Gasteiger partial charge in [-0.2, -0.15) is 0 Å². The van der Waals surface area contributed by atoms with E-state index in [1.165, 1.54) is 6.20 Å². The highest BCUT2D eigenvalue weighted by atomic mass is 79.9. The minimum absolute atomic E-state index is 0.295. The van der Waals surface area contributed by atoms with Crippen LogP contribution >= 0.6 is 15.9 Å². The second-order valence-corrected chi connectivity index (χ2v) is 4.25. The fraction of sp³-hybridized carbons (Fsp3) is 0.167. The summed E-state index contributed by atoms with van der Waals surface area (Å²) in [5.41, 5.74) is 1.01. The molecule has 1 heterocycles. The van der Waals surface area contributed by atoms with Crippen LogP contribution in [-0.4, -0.2) is 16.5 Å². The lowest BCUT2D eigenvalue weighted by molar-refractivity contribution is 0.618. The molecule has 88 valence electrons. The summed E-state index contributed by atoms with van der Waals surface area (Å²) in [4.78, 5) is 8.04. The Morgan fingerprint density at radius 2 is 2.12 bits per heavy atom. The van der Waals surface area contributed by atoms with Crippen LogP contribution in [0.1, 0.15) is 6.92 Å². The Hall–Kier alpha value is -1.49. The van der Waals surface area contributed by atoms with E-state index in [4.69, 9.17) is 0 Å². The topological polar surface area (TPSA) is 37.8 Å². The van der Waals surface area contributed by atoms with Crippen LogP contribution in [0.2, 0.25) is 0 Å². The normalized spacial score (nSPS) is 10.3. The molecular formula is C12H11BrFN3. The van der Waals surface area contributed by atoms with E-state index in [0.717, 1.165) is 4.47 Å². The highest BCUT2D eigenvalue weighted by Crippen LogP contribution is 2.28. The summed E-state index contributed by atoms with van der Waals surface area (Å²) >= 11 is 3.38. The molecular weight excluding hydrogens is 285 g/mol. The number of hydrogen-bond acceptors (Lipinski definition) is 3. The molecule has 0 atom stereocenters. The predicted octanol–water partition coefficient (Wildman–Crippen LogP) is 3.48. The average molecular weight is 296 g/mol. The van der Waals surface area contributed by atoms with Gasteiger partial charge in [0.15, 0.2) is 5.82 Å². The van der Waals surface area contributed by atoms with Crippen molar-refractivity contribution in [1.29, 1.82) is 0 Å². The maximum atomic E-state index is 13.7. The van der Waals surface area contributed by atoms with Crippen LogP contribution in [0.3, 0.4) is 0 Å². The lowest BCUT2D eigenvalue weighted by atomic mass is 10.1. The maximum absolute atomic E-state index is 13.7. The number of halogens is 2. The number of benzene rings is 1. The van der Waals surface area contributed by atoms with Gasteiger partial charge in [-0.3, -0.25) is 0 Å². The first-order valence-electron chi connectivity index (χ1n) is 5.23. The van der Waals surface area contributed by atoms with E-state index in [9.17, 15) is 4.39 Å². The lowest BCUT2D eigenvalue weighted by Gasteiger charge is -2.07. The molecule has 0 saturated heterocycles. The van der Waals surface area contributed by atoms with Gasteiger partial charge in [-0.1, -0.05) is 34.1 Å². The van der Waals surface area contributed by atoms with Crippen LogP contribution < -0.4 is 5.32 Å². The van der Waals surface area contributed by atoms with E-state index in [1.54, 1.807) is 0 Å². The second-order valence-electron chi connectivity index (χ2n) is 3.40. The SMILES string of the molecule is CCNc1ncc(F)c(-c2ccccc2Br)n1. The van der Waals surface area contributed by atoms with Crippen molar-refractivity contribution in [3.05, 3.63) is 40.8 Å². The molecule has 0 aliphatic heterocycles. The summed E-state index contributed by atoms with van der Waals surface area (Å²) in [5, 5.41) is 2.96. The van der Waals surface area contributed by atoms with E-state index < -0.39 is 5.82 Å². The standard InChI is InChI=1S/C12H11BrFN3/c1-2-15-12-16-7-10(14)11(17-12)8-5-3-4-6-9(8)13/h3-7H,2H2,1H3,(H,15,16,17). The molecule has 0 bridgehead atoms. The molecule has 2 aromatic rings. The van der Waals surface area contributed by atoms with Gasteiger partial charge in [0.2, 0.25) is 5.95 Å². The van der Waals surface area contributed by atoms with Gasteiger partial charge >= 0.3 is 0 Å². The number of nitrogens with one attached hydrogen (secondary N) is 1. The fourth-order valence-electron chi connectivity index (χ4n) is 1.45. The molecule has 0 amide bonds. The average Bonchev–Trinajstić information content (AvgIpc) is 2.33. The Kier molecular flexibility index (Phi) is 3.68. The third-order valence-electron chi connectivity index (χ3n) is 2.21. The van der Waals surface area contributed by atoms with Gasteiger partial charge in [-0.05, 0) is 13.0 Å². The predicted molar refractivity (Wildman–Crippen MR) is 69.3 cm³/mol. The zero-order chi connectivity index (χ0) is 12.3. The molecule has 1 N–H and O–H groups in total. The molecule has 0 saturated carbocycles. The van der Waals surface area contributed by atoms with Crippen molar-refractivity contribution in [1.82, 2.24) is 9.97 Å². The minimum atomic E-state index is -0.432. The Labute approximate surface area is 107 Å². The number of anilines is 1. The maximum Gasteiger partial charge on any atom is 0.223 e. The van der Waals surface area contributed by atoms with Crippen molar-refractivity contribution in [2.45, 2.75) is 6.92 Å². The third-order valence-corrected chi connectivity index (χ3v) is 2.90. The number of rotatable bonds is 3. The monoisotopic (exact) mass is 295 g/mol. The number of nitrogens with zero attached hydrogens (tertiary/aromatic N) is 2. The van der Waals surface area contributed by atoms with Gasteiger partial charge in [0.25, 0.3) is 0 Å². The lowest BCUT2D eigenvalue weighted by Crippen LogP contribution is -2.04. The molecule has 5 heteroatoms. The van der Waals surface area contributed by atoms with Gasteiger partial charge in [0, 0.05) is 16.6 Å². The summed E-state index contributed by atoms with van der Waals surface area (Å²) in [6.07, 6.45) is 1.18. The van der Waals surface area contributed by atoms with Crippen LogP contribution in [0.25, 0.3) is 11.3 Å². The van der Waals surface area contributed by atoms with Gasteiger partial charge in [-0.25, -0.2) is 14.4 Å². The Morgan fingerprint density at radius 3 is 2.82 bits per heavy atom. The van der Waals surface area contributed by atoms with E-state index in [-0.39, 0.29) is 0 Å². The highest BCUT2D eigenvalue weighted by Gasteiger charge is 2.11. The molecule has 1 aromatic heterocycles. The van der Waals surface area contributed by atoms with Crippen molar-refractivity contribution in [2.75, 3.05) is 11.9 Å². The van der Waals surface area contributed by atoms with Crippen molar-refractivity contribution >= 4 is 21.9 Å². The first-order valence-corrected chi connectivity index (χ1v) is 6.03. The van der Waals surface area contributed by atoms with Gasteiger partial charge in [0.1, 0.15) is 5.69 Å². The Bertz CT molecular complexity index is 531. The van der Waals surface area contributed by atoms with E-state index in [0.29, 0.717) is 23.8 Å². The summed E-state index contributed by atoms with van der Waals surface area (Å²) in [7, 11) is 0. The smallest absolute Gasteiger partial charge is 0.223 e. The number of hydrogen-bond donors (Lipinski definition) is 1. The van der Waals surface area contributed by atoms with Crippen LogP contribution in [0.4, 0.5) is 10.3 Å². The third kappa shape index (κ3) is 2.61. The van der Waals surface area contributed by atoms with E-state index >= 15 is 0 Å². The molecule has 0 spiro atoms. The van der Waals surface area contributed by atoms with E-state index in [2.05, 4.69) is 31.2 Å². The molecule has 0 fully saturated rings. The Balaban J connectivity index is 2.51. The van der Waals surface area contributed by atoms with Crippen LogP contribution in [0.15, 0.2) is 34.9 Å². The summed E-state index contributed by atoms with van der Waals surface area (Å²) < 4.78 is 14.5. The second kappa shape index (κ2) is 5.23. The zero-order valence-electron chi connectivity index (χ0n) is 9.24. The fourth-order valence-corrected chi connectivity index (χ4v) is 1.93. The molecule has 0 radical (unpaired) electrons. The van der Waals surface area contributed by atoms with Crippen molar-refractivity contribution in [3.8, 4) is 11.3 Å². The molecule has 0 unspecified atom stereocenters. The van der Waals surface area contributed by atoms with Crippen LogP contribution in [0, 0.1) is 5.82 Å². The first-order chi connectivity index (χ1) is 8.22. The van der Waals surface area contributed by atoms with Crippen molar-refractivity contribution in [2.24, 2.45) is 0 Å². The Morgan fingerprint density at radius 1 is 1.35 bits per heavy atom. The molecule has 0 aliphatic rings. The summed E-state index contributed by atoms with van der Waals surface area (Å²) in [6.45, 7) is 2.63. The molecule has 1 aromatic carbocycles. The molecule has 0 aliphatic carbocycles. The van der Waals surface area contributed by atoms with Gasteiger partial charge < -0.3 is 5.32 Å². The van der Waals surface area contributed by atoms with Gasteiger partial charge in [-0.15, -0.1) is 0 Å². The minimum Gasteiger partial charge on any atom is -0.354 e. The van der Waals surface area contributed by atoms with Crippen LogP contribution in [0.5, 0.6) is 0 Å². The van der Waals surface area contributed by atoms with Crippen molar-refractivity contribution in [3.63, 3.8) is 0 Å². The first kappa shape index (κ1) is 12.0. The molecule has 17 heavy (non-hydrogen) atoms. The van der Waals surface area contributed by atoms with Crippen LogP contribution in [-0.2, 0) is 0 Å². The quantitative estimate of drug-likeness (QED) is 0.942. The van der Waals surface area contributed by atoms with Gasteiger partial charge in [0.05, 0.1) is 6.20 Å². The molecule has 3 nitrogen and oxygen atoms in total. The largest absolute Gasteiger partial charge is 0.354 e. The number of aromatic nitrogens is 2. The summed E-state index contributed by atoms with van der Waals surface area (Å²) in [5.74, 6) is -0.00166.